The topological polar surface area (TPSA) is 77.8 Å². The van der Waals surface area contributed by atoms with Crippen molar-refractivity contribution in [3.8, 4) is 0 Å². The molecule has 0 unspecified atom stereocenters. The number of anilines is 2. The molecule has 4 rings (SSSR count). The van der Waals surface area contributed by atoms with Crippen molar-refractivity contribution in [2.45, 2.75) is 0 Å². The van der Waals surface area contributed by atoms with Gasteiger partial charge in [0.05, 0.1) is 19.8 Å². The average Bonchev–Trinajstić information content (AvgIpc) is 3.06. The van der Waals surface area contributed by atoms with Crippen LogP contribution in [0.4, 0.5) is 10.9 Å². The molecule has 2 aromatic heterocycles. The van der Waals surface area contributed by atoms with E-state index in [0.29, 0.717) is 18.9 Å². The summed E-state index contributed by atoms with van der Waals surface area (Å²) < 4.78 is 6.42. The zero-order valence-electron chi connectivity index (χ0n) is 13.9. The van der Waals surface area contributed by atoms with Gasteiger partial charge in [0.15, 0.2) is 16.6 Å². The molecule has 0 spiro atoms. The number of thiazole rings is 1. The number of hydrogen-bond donors (Lipinski definition) is 1. The fourth-order valence-electron chi connectivity index (χ4n) is 3.20. The van der Waals surface area contributed by atoms with Crippen LogP contribution in [0.1, 0.15) is 0 Å². The molecular formula is C15H21ClN6O2S. The first-order chi connectivity index (χ1) is 12.2. The van der Waals surface area contributed by atoms with Crippen molar-refractivity contribution in [3.05, 3.63) is 5.28 Å². The SMILES string of the molecule is OCCN1CCN(c2nc3nc(Cl)nc(N4CCOCC4)c3s2)CC1. The molecular weight excluding hydrogens is 364 g/mol. The van der Waals surface area contributed by atoms with Crippen molar-refractivity contribution >= 4 is 44.2 Å². The third-order valence-corrected chi connectivity index (χ3v) is 5.84. The first-order valence-electron chi connectivity index (χ1n) is 8.49. The van der Waals surface area contributed by atoms with Gasteiger partial charge in [0, 0.05) is 45.8 Å². The quantitative estimate of drug-likeness (QED) is 0.771. The molecule has 0 aliphatic carbocycles. The summed E-state index contributed by atoms with van der Waals surface area (Å²) in [5, 5.41) is 10.3. The molecule has 2 aliphatic rings. The molecule has 2 aromatic rings. The average molecular weight is 385 g/mol. The van der Waals surface area contributed by atoms with Crippen LogP contribution in [-0.2, 0) is 4.74 Å². The highest BCUT2D eigenvalue weighted by Gasteiger charge is 2.23. The second-order valence-corrected chi connectivity index (χ2v) is 7.43. The van der Waals surface area contributed by atoms with Crippen molar-refractivity contribution in [1.82, 2.24) is 19.9 Å². The molecule has 0 amide bonds. The van der Waals surface area contributed by atoms with Crippen LogP contribution in [0.3, 0.4) is 0 Å². The molecule has 0 bridgehead atoms. The Morgan fingerprint density at radius 2 is 1.76 bits per heavy atom. The van der Waals surface area contributed by atoms with Gasteiger partial charge in [-0.25, -0.2) is 0 Å². The number of β-amino-alcohol motifs (C(OH)–C–C–N with tert-alkyl or cyclic N) is 1. The smallest absolute Gasteiger partial charge is 0.226 e. The first-order valence-corrected chi connectivity index (χ1v) is 9.69. The van der Waals surface area contributed by atoms with E-state index in [1.165, 1.54) is 0 Å². The second-order valence-electron chi connectivity index (χ2n) is 6.12. The fourth-order valence-corrected chi connectivity index (χ4v) is 4.44. The lowest BCUT2D eigenvalue weighted by Gasteiger charge is -2.34. The number of halogens is 1. The van der Waals surface area contributed by atoms with Crippen molar-refractivity contribution in [3.63, 3.8) is 0 Å². The Morgan fingerprint density at radius 1 is 1.00 bits per heavy atom. The predicted octanol–water partition coefficient (Wildman–Crippen LogP) is 0.691. The number of ether oxygens (including phenoxy) is 1. The molecule has 8 nitrogen and oxygen atoms in total. The van der Waals surface area contributed by atoms with Gasteiger partial charge < -0.3 is 19.6 Å². The normalized spacial score (nSPS) is 19.8. The molecule has 136 valence electrons. The second kappa shape index (κ2) is 7.55. The van der Waals surface area contributed by atoms with E-state index in [-0.39, 0.29) is 11.9 Å². The van der Waals surface area contributed by atoms with Gasteiger partial charge in [-0.15, -0.1) is 0 Å². The van der Waals surface area contributed by atoms with Gasteiger partial charge >= 0.3 is 0 Å². The van der Waals surface area contributed by atoms with Gasteiger partial charge in [0.1, 0.15) is 4.70 Å². The van der Waals surface area contributed by atoms with Crippen LogP contribution in [0.15, 0.2) is 0 Å². The summed E-state index contributed by atoms with van der Waals surface area (Å²) in [5.41, 5.74) is 0.666. The van der Waals surface area contributed by atoms with Gasteiger partial charge in [0.2, 0.25) is 5.28 Å². The minimum atomic E-state index is 0.206. The van der Waals surface area contributed by atoms with E-state index in [0.717, 1.165) is 61.5 Å². The van der Waals surface area contributed by atoms with Gasteiger partial charge in [-0.2, -0.15) is 15.0 Å². The minimum absolute atomic E-state index is 0.206. The minimum Gasteiger partial charge on any atom is -0.395 e. The van der Waals surface area contributed by atoms with E-state index in [2.05, 4.69) is 24.7 Å². The van der Waals surface area contributed by atoms with Crippen molar-refractivity contribution in [2.24, 2.45) is 0 Å². The first kappa shape index (κ1) is 17.2. The maximum Gasteiger partial charge on any atom is 0.226 e. The van der Waals surface area contributed by atoms with Crippen LogP contribution in [0.2, 0.25) is 5.28 Å². The van der Waals surface area contributed by atoms with Crippen LogP contribution in [-0.4, -0.2) is 90.6 Å². The molecule has 1 N–H and O–H groups in total. The van der Waals surface area contributed by atoms with Crippen LogP contribution in [0.5, 0.6) is 0 Å². The maximum atomic E-state index is 9.07. The van der Waals surface area contributed by atoms with Gasteiger partial charge in [0.25, 0.3) is 0 Å². The monoisotopic (exact) mass is 384 g/mol. The highest BCUT2D eigenvalue weighted by atomic mass is 35.5. The highest BCUT2D eigenvalue weighted by Crippen LogP contribution is 2.35. The zero-order valence-corrected chi connectivity index (χ0v) is 15.5. The summed E-state index contributed by atoms with van der Waals surface area (Å²) in [6, 6.07) is 0. The summed E-state index contributed by atoms with van der Waals surface area (Å²) in [4.78, 5) is 20.2. The standard InChI is InChI=1S/C15H21ClN6O2S/c16-14-17-12-11(13(19-14)21-6-9-24-10-7-21)25-15(18-12)22-3-1-20(2-4-22)5-8-23/h23H,1-10H2. The van der Waals surface area contributed by atoms with E-state index in [1.54, 1.807) is 11.3 Å². The maximum absolute atomic E-state index is 9.07. The highest BCUT2D eigenvalue weighted by molar-refractivity contribution is 7.22. The van der Waals surface area contributed by atoms with E-state index in [9.17, 15) is 0 Å². The lowest BCUT2D eigenvalue weighted by atomic mass is 10.3. The van der Waals surface area contributed by atoms with E-state index in [1.807, 2.05) is 0 Å². The summed E-state index contributed by atoms with van der Waals surface area (Å²) in [7, 11) is 0. The number of hydrogen-bond acceptors (Lipinski definition) is 9. The van der Waals surface area contributed by atoms with Crippen molar-refractivity contribution in [2.75, 3.05) is 75.4 Å². The summed E-state index contributed by atoms with van der Waals surface area (Å²) >= 11 is 7.76. The number of rotatable bonds is 4. The Morgan fingerprint density at radius 3 is 2.48 bits per heavy atom. The number of piperazine rings is 1. The molecule has 2 fully saturated rings. The molecule has 0 radical (unpaired) electrons. The predicted molar refractivity (Wildman–Crippen MR) is 99.0 cm³/mol. The molecule has 25 heavy (non-hydrogen) atoms. The molecule has 0 atom stereocenters. The summed E-state index contributed by atoms with van der Waals surface area (Å²) in [5.74, 6) is 0.862. The summed E-state index contributed by atoms with van der Waals surface area (Å²) in [6.45, 7) is 7.59. The van der Waals surface area contributed by atoms with Crippen LogP contribution in [0, 0.1) is 0 Å². The number of aliphatic hydroxyl groups excluding tert-OH is 1. The fraction of sp³-hybridized carbons (Fsp3) is 0.667. The molecule has 0 aromatic carbocycles. The molecule has 0 saturated carbocycles. The molecule has 2 aliphatic heterocycles. The van der Waals surface area contributed by atoms with Crippen molar-refractivity contribution < 1.29 is 9.84 Å². The van der Waals surface area contributed by atoms with Gasteiger partial charge in [-0.1, -0.05) is 11.3 Å². The number of aliphatic hydroxyl groups is 1. The van der Waals surface area contributed by atoms with Gasteiger partial charge in [-0.05, 0) is 11.6 Å². The van der Waals surface area contributed by atoms with Crippen LogP contribution < -0.4 is 9.80 Å². The lowest BCUT2D eigenvalue weighted by Crippen LogP contribution is -2.47. The third-order valence-electron chi connectivity index (χ3n) is 4.57. The Kier molecular flexibility index (Phi) is 5.18. The van der Waals surface area contributed by atoms with E-state index < -0.39 is 0 Å². The summed E-state index contributed by atoms with van der Waals surface area (Å²) in [6.07, 6.45) is 0. The largest absolute Gasteiger partial charge is 0.395 e. The van der Waals surface area contributed by atoms with Gasteiger partial charge in [-0.3, -0.25) is 4.90 Å². The Hall–Kier alpha value is -1.26. The number of aromatic nitrogens is 3. The number of fused-ring (bicyclic) bond motifs is 1. The van der Waals surface area contributed by atoms with Crippen LogP contribution >= 0.6 is 22.9 Å². The molecule has 2 saturated heterocycles. The number of nitrogens with zero attached hydrogens (tertiary/aromatic N) is 6. The lowest BCUT2D eigenvalue weighted by molar-refractivity contribution is 0.122. The third kappa shape index (κ3) is 3.65. The zero-order chi connectivity index (χ0) is 17.2. The Bertz CT molecular complexity index is 730. The van der Waals surface area contributed by atoms with E-state index in [4.69, 9.17) is 26.4 Å². The Balaban J connectivity index is 1.59. The van der Waals surface area contributed by atoms with Crippen LogP contribution in [0.25, 0.3) is 10.3 Å². The molecule has 4 heterocycles. The molecule has 10 heteroatoms. The number of morpholine rings is 1. The Labute approximate surface area is 155 Å². The van der Waals surface area contributed by atoms with E-state index >= 15 is 0 Å². The van der Waals surface area contributed by atoms with Crippen molar-refractivity contribution in [1.29, 1.82) is 0 Å².